The largest absolute Gasteiger partial charge is 0.480 e. The zero-order chi connectivity index (χ0) is 11.1. The second-order valence-corrected chi connectivity index (χ2v) is 4.31. The molecule has 0 aromatic rings. The SMILES string of the molecule is CCCC(NCC(C)C(C)C)C(=O)O. The van der Waals surface area contributed by atoms with Crippen LogP contribution in [0.25, 0.3) is 0 Å². The van der Waals surface area contributed by atoms with Gasteiger partial charge < -0.3 is 10.4 Å². The first kappa shape index (κ1) is 13.4. The Balaban J connectivity index is 3.87. The second-order valence-electron chi connectivity index (χ2n) is 4.31. The Morgan fingerprint density at radius 1 is 1.36 bits per heavy atom. The molecule has 0 fully saturated rings. The molecular weight excluding hydrogens is 178 g/mol. The van der Waals surface area contributed by atoms with Crippen molar-refractivity contribution in [1.82, 2.24) is 5.32 Å². The summed E-state index contributed by atoms with van der Waals surface area (Å²) in [5.74, 6) is 0.384. The van der Waals surface area contributed by atoms with Crippen molar-refractivity contribution >= 4 is 5.97 Å². The number of nitrogens with one attached hydrogen (secondary N) is 1. The summed E-state index contributed by atoms with van der Waals surface area (Å²) in [6.07, 6.45) is 1.61. The van der Waals surface area contributed by atoms with E-state index in [4.69, 9.17) is 5.11 Å². The van der Waals surface area contributed by atoms with Gasteiger partial charge in [0.05, 0.1) is 0 Å². The molecular formula is C11H23NO2. The van der Waals surface area contributed by atoms with E-state index in [0.717, 1.165) is 13.0 Å². The summed E-state index contributed by atoms with van der Waals surface area (Å²) in [5, 5.41) is 12.0. The summed E-state index contributed by atoms with van der Waals surface area (Å²) in [5.41, 5.74) is 0. The van der Waals surface area contributed by atoms with E-state index >= 15 is 0 Å². The summed E-state index contributed by atoms with van der Waals surface area (Å²) >= 11 is 0. The lowest BCUT2D eigenvalue weighted by Crippen LogP contribution is -2.39. The Hall–Kier alpha value is -0.570. The maximum Gasteiger partial charge on any atom is 0.320 e. The van der Waals surface area contributed by atoms with E-state index in [9.17, 15) is 4.79 Å². The predicted octanol–water partition coefficient (Wildman–Crippen LogP) is 2.12. The molecule has 0 amide bonds. The quantitative estimate of drug-likeness (QED) is 0.663. The molecule has 0 rings (SSSR count). The highest BCUT2D eigenvalue weighted by Gasteiger charge is 2.17. The molecule has 2 N–H and O–H groups in total. The van der Waals surface area contributed by atoms with Crippen molar-refractivity contribution in [2.45, 2.75) is 46.6 Å². The molecule has 3 nitrogen and oxygen atoms in total. The lowest BCUT2D eigenvalue weighted by atomic mass is 9.97. The molecule has 0 saturated heterocycles. The van der Waals surface area contributed by atoms with Crippen LogP contribution in [0.15, 0.2) is 0 Å². The Morgan fingerprint density at radius 3 is 2.29 bits per heavy atom. The fourth-order valence-electron chi connectivity index (χ4n) is 1.17. The van der Waals surface area contributed by atoms with E-state index in [1.807, 2.05) is 6.92 Å². The van der Waals surface area contributed by atoms with Crippen molar-refractivity contribution in [2.24, 2.45) is 11.8 Å². The molecule has 2 unspecified atom stereocenters. The molecule has 0 spiro atoms. The number of hydrogen-bond acceptors (Lipinski definition) is 2. The highest BCUT2D eigenvalue weighted by molar-refractivity contribution is 5.73. The van der Waals surface area contributed by atoms with Gasteiger partial charge in [-0.05, 0) is 24.8 Å². The summed E-state index contributed by atoms with van der Waals surface area (Å²) in [7, 11) is 0. The van der Waals surface area contributed by atoms with Gasteiger partial charge in [0.1, 0.15) is 6.04 Å². The van der Waals surface area contributed by atoms with Crippen LogP contribution in [-0.4, -0.2) is 23.7 Å². The van der Waals surface area contributed by atoms with Crippen LogP contribution in [0.4, 0.5) is 0 Å². The first-order valence-electron chi connectivity index (χ1n) is 5.45. The third-order valence-corrected chi connectivity index (χ3v) is 2.70. The van der Waals surface area contributed by atoms with Crippen LogP contribution in [-0.2, 0) is 4.79 Å². The molecule has 0 radical (unpaired) electrons. The number of carbonyl (C=O) groups is 1. The van der Waals surface area contributed by atoms with E-state index in [-0.39, 0.29) is 6.04 Å². The number of carboxylic acids is 1. The van der Waals surface area contributed by atoms with Crippen LogP contribution in [0.3, 0.4) is 0 Å². The smallest absolute Gasteiger partial charge is 0.320 e. The Bertz CT molecular complexity index is 169. The van der Waals surface area contributed by atoms with E-state index in [0.29, 0.717) is 18.3 Å². The zero-order valence-corrected chi connectivity index (χ0v) is 9.71. The van der Waals surface area contributed by atoms with Gasteiger partial charge >= 0.3 is 5.97 Å². The van der Waals surface area contributed by atoms with Gasteiger partial charge in [0.2, 0.25) is 0 Å². The van der Waals surface area contributed by atoms with Gasteiger partial charge in [-0.1, -0.05) is 34.1 Å². The van der Waals surface area contributed by atoms with Crippen LogP contribution in [0.1, 0.15) is 40.5 Å². The van der Waals surface area contributed by atoms with Crippen LogP contribution in [0.5, 0.6) is 0 Å². The minimum Gasteiger partial charge on any atom is -0.480 e. The summed E-state index contributed by atoms with van der Waals surface area (Å²) < 4.78 is 0. The van der Waals surface area contributed by atoms with Crippen LogP contribution in [0.2, 0.25) is 0 Å². The van der Waals surface area contributed by atoms with E-state index in [1.54, 1.807) is 0 Å². The Morgan fingerprint density at radius 2 is 1.93 bits per heavy atom. The van der Waals surface area contributed by atoms with E-state index in [2.05, 4.69) is 26.1 Å². The average molecular weight is 201 g/mol. The highest BCUT2D eigenvalue weighted by atomic mass is 16.4. The number of rotatable bonds is 7. The van der Waals surface area contributed by atoms with Gasteiger partial charge in [-0.3, -0.25) is 4.79 Å². The van der Waals surface area contributed by atoms with Gasteiger partial charge in [0.25, 0.3) is 0 Å². The molecule has 0 bridgehead atoms. The van der Waals surface area contributed by atoms with Crippen molar-refractivity contribution in [3.05, 3.63) is 0 Å². The zero-order valence-electron chi connectivity index (χ0n) is 9.71. The number of aliphatic carboxylic acids is 1. The van der Waals surface area contributed by atoms with Crippen molar-refractivity contribution in [3.8, 4) is 0 Å². The Labute approximate surface area is 86.9 Å². The van der Waals surface area contributed by atoms with Crippen molar-refractivity contribution < 1.29 is 9.90 Å². The minimum atomic E-state index is -0.734. The molecule has 0 aliphatic heterocycles. The molecule has 0 saturated carbocycles. The summed E-state index contributed by atoms with van der Waals surface area (Å²) in [6, 6.07) is -0.374. The highest BCUT2D eigenvalue weighted by Crippen LogP contribution is 2.08. The van der Waals surface area contributed by atoms with Crippen molar-refractivity contribution in [3.63, 3.8) is 0 Å². The first-order chi connectivity index (χ1) is 6.49. The van der Waals surface area contributed by atoms with Crippen LogP contribution < -0.4 is 5.32 Å². The average Bonchev–Trinajstić information content (AvgIpc) is 2.10. The first-order valence-corrected chi connectivity index (χ1v) is 5.45. The van der Waals surface area contributed by atoms with Crippen LogP contribution in [0, 0.1) is 11.8 Å². The minimum absolute atomic E-state index is 0.374. The second kappa shape index (κ2) is 6.82. The van der Waals surface area contributed by atoms with E-state index < -0.39 is 5.97 Å². The third-order valence-electron chi connectivity index (χ3n) is 2.70. The third kappa shape index (κ3) is 5.22. The van der Waals surface area contributed by atoms with Gasteiger partial charge in [-0.15, -0.1) is 0 Å². The lowest BCUT2D eigenvalue weighted by Gasteiger charge is -2.19. The van der Waals surface area contributed by atoms with Crippen LogP contribution >= 0.6 is 0 Å². The van der Waals surface area contributed by atoms with Gasteiger partial charge in [0.15, 0.2) is 0 Å². The molecule has 0 aliphatic rings. The fraction of sp³-hybridized carbons (Fsp3) is 0.909. The van der Waals surface area contributed by atoms with Gasteiger partial charge in [0, 0.05) is 0 Å². The van der Waals surface area contributed by atoms with E-state index in [1.165, 1.54) is 0 Å². The fourth-order valence-corrected chi connectivity index (χ4v) is 1.17. The maximum absolute atomic E-state index is 10.8. The molecule has 0 heterocycles. The molecule has 0 aromatic heterocycles. The van der Waals surface area contributed by atoms with Gasteiger partial charge in [-0.25, -0.2) is 0 Å². The van der Waals surface area contributed by atoms with Crippen molar-refractivity contribution in [2.75, 3.05) is 6.54 Å². The molecule has 14 heavy (non-hydrogen) atoms. The maximum atomic E-state index is 10.8. The van der Waals surface area contributed by atoms with Crippen molar-refractivity contribution in [1.29, 1.82) is 0 Å². The molecule has 84 valence electrons. The predicted molar refractivity (Wildman–Crippen MR) is 58.3 cm³/mol. The normalized spacial score (nSPS) is 15.5. The molecule has 3 heteroatoms. The summed E-state index contributed by atoms with van der Waals surface area (Å²) in [6.45, 7) is 9.24. The molecule has 0 aromatic carbocycles. The number of carboxylic acid groups (broad SMARTS) is 1. The standard InChI is InChI=1S/C11H23NO2/c1-5-6-10(11(13)14)12-7-9(4)8(2)3/h8-10,12H,5-7H2,1-4H3,(H,13,14). The Kier molecular flexibility index (Phi) is 6.54. The number of hydrogen-bond donors (Lipinski definition) is 2. The lowest BCUT2D eigenvalue weighted by molar-refractivity contribution is -0.139. The topological polar surface area (TPSA) is 49.3 Å². The molecule has 0 aliphatic carbocycles. The summed E-state index contributed by atoms with van der Waals surface area (Å²) in [4.78, 5) is 10.8. The van der Waals surface area contributed by atoms with Gasteiger partial charge in [-0.2, -0.15) is 0 Å². The monoisotopic (exact) mass is 201 g/mol. The molecule has 2 atom stereocenters.